The summed E-state index contributed by atoms with van der Waals surface area (Å²) < 4.78 is 65.6. The number of hydrogen-bond acceptors (Lipinski definition) is 10. The van der Waals surface area contributed by atoms with Crippen LogP contribution in [0.25, 0.3) is 32.1 Å². The Balaban J connectivity index is 1.31. The highest BCUT2D eigenvalue weighted by Gasteiger charge is 2.50. The van der Waals surface area contributed by atoms with E-state index < -0.39 is 29.4 Å². The number of aryl methyl sites for hydroxylation is 1. The van der Waals surface area contributed by atoms with Crippen molar-refractivity contribution in [2.24, 2.45) is 5.92 Å². The smallest absolute Gasteiger partial charge is 0.319 e. The van der Waals surface area contributed by atoms with Gasteiger partial charge in [-0.2, -0.15) is 9.97 Å². The number of rotatable bonds is 8. The number of aromatic nitrogens is 2. The third-order valence-corrected chi connectivity index (χ3v) is 11.9. The Kier molecular flexibility index (Phi) is 8.03. The average Bonchev–Trinajstić information content (AvgIpc) is 3.70. The van der Waals surface area contributed by atoms with Crippen molar-refractivity contribution in [3.8, 4) is 22.9 Å². The topological polar surface area (TPSA) is 103 Å². The van der Waals surface area contributed by atoms with Gasteiger partial charge in [0.05, 0.1) is 37.6 Å². The fraction of sp³-hybridized carbons (Fsp3) is 0.514. The van der Waals surface area contributed by atoms with E-state index in [4.69, 9.17) is 36.5 Å². The molecule has 2 N–H and O–H groups in total. The van der Waals surface area contributed by atoms with Gasteiger partial charge in [0.15, 0.2) is 11.6 Å². The van der Waals surface area contributed by atoms with Gasteiger partial charge in [0, 0.05) is 30.0 Å². The molecule has 49 heavy (non-hydrogen) atoms. The Morgan fingerprint density at radius 3 is 2.80 bits per heavy atom. The number of carbonyl (C=O) groups is 1. The number of halogens is 4. The van der Waals surface area contributed by atoms with E-state index in [1.165, 1.54) is 12.1 Å². The zero-order valence-electron chi connectivity index (χ0n) is 27.5. The summed E-state index contributed by atoms with van der Waals surface area (Å²) in [5.41, 5.74) is 6.61. The normalized spacial score (nSPS) is 23.7. The van der Waals surface area contributed by atoms with Crippen LogP contribution in [0.3, 0.4) is 0 Å². The van der Waals surface area contributed by atoms with E-state index in [1.54, 1.807) is 20.8 Å². The molecule has 2 saturated heterocycles. The van der Waals surface area contributed by atoms with Gasteiger partial charge in [-0.1, -0.05) is 31.5 Å². The van der Waals surface area contributed by atoms with E-state index >= 15 is 8.78 Å². The molecular weight excluding hydrogens is 679 g/mol. The predicted octanol–water partition coefficient (Wildman–Crippen LogP) is 7.22. The number of fused-ring (bicyclic) bond motifs is 2. The molecule has 8 rings (SSSR count). The van der Waals surface area contributed by atoms with Crippen molar-refractivity contribution in [3.05, 3.63) is 34.4 Å². The van der Waals surface area contributed by atoms with Gasteiger partial charge in [0.25, 0.3) is 0 Å². The zero-order chi connectivity index (χ0) is 34.4. The van der Waals surface area contributed by atoms with Gasteiger partial charge in [-0.05, 0) is 56.3 Å². The Morgan fingerprint density at radius 2 is 2.04 bits per heavy atom. The SMILES string of the molecule is Cc1c(N)sc2c(F)ccc(-c3c(Cl)c4c5c(nc(OC[C@@]67CCCN6C[C@H](F)C7)nc5c3F)N(C3CC3)C(COC(=O)C(C)C)CO4)c12. The summed E-state index contributed by atoms with van der Waals surface area (Å²) in [4.78, 5) is 26.2. The number of carbonyl (C=O) groups excluding carboxylic acids is 1. The maximum Gasteiger partial charge on any atom is 0.319 e. The molecule has 4 aliphatic rings. The number of nitrogen functional groups attached to an aromatic ring is 1. The second-order valence-electron chi connectivity index (χ2n) is 14.0. The minimum atomic E-state index is -0.949. The minimum absolute atomic E-state index is 0.00931. The van der Waals surface area contributed by atoms with Gasteiger partial charge in [0.1, 0.15) is 43.1 Å². The summed E-state index contributed by atoms with van der Waals surface area (Å²) in [5.74, 6) is -1.36. The quantitative estimate of drug-likeness (QED) is 0.190. The number of alkyl halides is 1. The van der Waals surface area contributed by atoms with Crippen LogP contribution in [0.2, 0.25) is 5.02 Å². The van der Waals surface area contributed by atoms with Crippen molar-refractivity contribution >= 4 is 60.7 Å². The molecule has 3 atom stereocenters. The van der Waals surface area contributed by atoms with Gasteiger partial charge < -0.3 is 24.8 Å². The first-order chi connectivity index (χ1) is 23.5. The molecule has 3 fully saturated rings. The van der Waals surface area contributed by atoms with E-state index in [-0.39, 0.29) is 75.7 Å². The maximum absolute atomic E-state index is 17.3. The van der Waals surface area contributed by atoms with Gasteiger partial charge in [0.2, 0.25) is 0 Å². The number of nitrogens with zero attached hydrogens (tertiary/aromatic N) is 4. The Bertz CT molecular complexity index is 2010. The summed E-state index contributed by atoms with van der Waals surface area (Å²) in [5, 5.41) is 1.12. The average molecular weight is 716 g/mol. The lowest BCUT2D eigenvalue weighted by Gasteiger charge is -2.32. The Labute approximate surface area is 290 Å². The molecule has 1 saturated carbocycles. The summed E-state index contributed by atoms with van der Waals surface area (Å²) in [6.45, 7) is 6.65. The van der Waals surface area contributed by atoms with Crippen LogP contribution in [-0.4, -0.2) is 77.5 Å². The van der Waals surface area contributed by atoms with Crippen molar-refractivity contribution < 1.29 is 32.2 Å². The highest BCUT2D eigenvalue weighted by molar-refractivity contribution is 7.23. The van der Waals surface area contributed by atoms with Crippen LogP contribution in [0.1, 0.15) is 51.5 Å². The molecule has 260 valence electrons. The summed E-state index contributed by atoms with van der Waals surface area (Å²) in [7, 11) is 0. The van der Waals surface area contributed by atoms with Crippen LogP contribution in [0.4, 0.5) is 24.0 Å². The second-order valence-corrected chi connectivity index (χ2v) is 15.5. The lowest BCUT2D eigenvalue weighted by Crippen LogP contribution is -2.45. The van der Waals surface area contributed by atoms with Gasteiger partial charge >= 0.3 is 12.0 Å². The zero-order valence-corrected chi connectivity index (χ0v) is 29.0. The number of esters is 1. The van der Waals surface area contributed by atoms with E-state index in [9.17, 15) is 9.18 Å². The molecule has 9 nitrogen and oxygen atoms in total. The standard InChI is InChI=1S/C35H37ClF3N5O4S/c1-16(2)33(45)47-14-20-13-46-29-25-28(27(39)24(26(29)36)21-7-8-22(38)30-23(21)17(3)31(40)49-30)41-34(42-32(25)44(20)19-5-6-19)48-15-35-9-4-10-43(35)12-18(37)11-35/h7-8,16,18-20H,4-6,9-15,40H2,1-3H3/t18-,20?,35+/m1/s1. The second kappa shape index (κ2) is 12.1. The molecule has 1 unspecified atom stereocenters. The van der Waals surface area contributed by atoms with Crippen LogP contribution in [0.15, 0.2) is 12.1 Å². The highest BCUT2D eigenvalue weighted by Crippen LogP contribution is 2.52. The lowest BCUT2D eigenvalue weighted by molar-refractivity contribution is -0.148. The number of thiophene rings is 1. The third-order valence-electron chi connectivity index (χ3n) is 10.4. The van der Waals surface area contributed by atoms with Gasteiger partial charge in [-0.15, -0.1) is 11.3 Å². The van der Waals surface area contributed by atoms with Crippen molar-refractivity contribution in [2.75, 3.05) is 43.5 Å². The number of benzene rings is 2. The number of nitrogens with two attached hydrogens (primary N) is 1. The van der Waals surface area contributed by atoms with Crippen LogP contribution < -0.4 is 20.1 Å². The largest absolute Gasteiger partial charge is 0.489 e. The first-order valence-corrected chi connectivity index (χ1v) is 18.0. The molecule has 1 aliphatic carbocycles. The first kappa shape index (κ1) is 32.6. The molecule has 4 aromatic rings. The van der Waals surface area contributed by atoms with E-state index in [1.807, 2.05) is 4.90 Å². The van der Waals surface area contributed by atoms with Crippen molar-refractivity contribution in [2.45, 2.75) is 76.7 Å². The monoisotopic (exact) mass is 715 g/mol. The fourth-order valence-corrected chi connectivity index (χ4v) is 9.12. The molecule has 0 spiro atoms. The molecule has 3 aliphatic heterocycles. The van der Waals surface area contributed by atoms with E-state index in [0.717, 1.165) is 43.6 Å². The van der Waals surface area contributed by atoms with Gasteiger partial charge in [-0.3, -0.25) is 9.69 Å². The number of ether oxygens (including phenoxy) is 3. The predicted molar refractivity (Wildman–Crippen MR) is 184 cm³/mol. The highest BCUT2D eigenvalue weighted by atomic mass is 35.5. The Hall–Kier alpha value is -3.55. The summed E-state index contributed by atoms with van der Waals surface area (Å²) in [6.07, 6.45) is 2.81. The minimum Gasteiger partial charge on any atom is -0.489 e. The first-order valence-electron chi connectivity index (χ1n) is 16.8. The van der Waals surface area contributed by atoms with Crippen LogP contribution in [0, 0.1) is 24.5 Å². The number of anilines is 2. The van der Waals surface area contributed by atoms with E-state index in [2.05, 4.69) is 9.88 Å². The number of hydrogen-bond donors (Lipinski definition) is 1. The maximum atomic E-state index is 17.3. The van der Waals surface area contributed by atoms with Crippen LogP contribution in [0.5, 0.6) is 11.8 Å². The van der Waals surface area contributed by atoms with Crippen molar-refractivity contribution in [1.29, 1.82) is 0 Å². The molecule has 0 radical (unpaired) electrons. The Morgan fingerprint density at radius 1 is 1.24 bits per heavy atom. The third kappa shape index (κ3) is 5.34. The molecule has 2 aromatic heterocycles. The van der Waals surface area contributed by atoms with E-state index in [0.29, 0.717) is 40.3 Å². The molecule has 2 aromatic carbocycles. The molecule has 0 bridgehead atoms. The van der Waals surface area contributed by atoms with Gasteiger partial charge in [-0.25, -0.2) is 13.2 Å². The van der Waals surface area contributed by atoms with Crippen molar-refractivity contribution in [1.82, 2.24) is 14.9 Å². The molecule has 0 amide bonds. The fourth-order valence-electron chi connectivity index (χ4n) is 7.78. The summed E-state index contributed by atoms with van der Waals surface area (Å²) in [6, 6.07) is 2.26. The molecular formula is C35H37ClF3N5O4S. The van der Waals surface area contributed by atoms with Crippen molar-refractivity contribution in [3.63, 3.8) is 0 Å². The lowest BCUT2D eigenvalue weighted by atomic mass is 9.95. The van der Waals surface area contributed by atoms with Crippen LogP contribution >= 0.6 is 22.9 Å². The summed E-state index contributed by atoms with van der Waals surface area (Å²) >= 11 is 8.19. The molecule has 14 heteroatoms. The molecule has 5 heterocycles. The van der Waals surface area contributed by atoms with Crippen LogP contribution in [-0.2, 0) is 9.53 Å².